The van der Waals surface area contributed by atoms with Crippen LogP contribution in [0.3, 0.4) is 0 Å². The van der Waals surface area contributed by atoms with Gasteiger partial charge in [0.05, 0.1) is 6.61 Å². The Morgan fingerprint density at radius 3 is 1.93 bits per heavy atom. The highest BCUT2D eigenvalue weighted by atomic mass is 16.7. The van der Waals surface area contributed by atoms with Crippen LogP contribution in [0.1, 0.15) is 98.5 Å². The summed E-state index contributed by atoms with van der Waals surface area (Å²) >= 11 is 0. The lowest BCUT2D eigenvalue weighted by atomic mass is 9.87. The zero-order chi connectivity index (χ0) is 30.4. The van der Waals surface area contributed by atoms with Crippen LogP contribution in [0.4, 0.5) is 4.79 Å². The minimum Gasteiger partial charge on any atom is -0.480 e. The van der Waals surface area contributed by atoms with E-state index in [1.54, 1.807) is 13.0 Å². The first kappa shape index (κ1) is 34.9. The van der Waals surface area contributed by atoms with Gasteiger partial charge in [-0.2, -0.15) is 0 Å². The van der Waals surface area contributed by atoms with E-state index >= 15 is 0 Å². The fourth-order valence-corrected chi connectivity index (χ4v) is 3.67. The van der Waals surface area contributed by atoms with Crippen LogP contribution in [0.15, 0.2) is 18.2 Å². The molecule has 0 amide bonds. The summed E-state index contributed by atoms with van der Waals surface area (Å²) in [5, 5.41) is 9.68. The molecule has 10 heteroatoms. The minimum absolute atomic E-state index is 0.00623. The number of benzene rings is 1. The molecule has 226 valence electrons. The Morgan fingerprint density at radius 2 is 1.43 bits per heavy atom. The van der Waals surface area contributed by atoms with Gasteiger partial charge >= 0.3 is 24.1 Å². The van der Waals surface area contributed by atoms with Gasteiger partial charge in [0, 0.05) is 18.8 Å². The number of carboxylic acids is 1. The van der Waals surface area contributed by atoms with E-state index in [1.807, 2.05) is 41.5 Å². The number of hydrogen-bond acceptors (Lipinski definition) is 9. The van der Waals surface area contributed by atoms with Gasteiger partial charge in [-0.05, 0) is 61.6 Å². The molecule has 0 heterocycles. The molecule has 0 aromatic heterocycles. The number of nitrogens with two attached hydrogens (primary N) is 1. The molecule has 0 radical (unpaired) electrons. The highest BCUT2D eigenvalue weighted by Crippen LogP contribution is 2.35. The van der Waals surface area contributed by atoms with E-state index in [0.29, 0.717) is 24.3 Å². The van der Waals surface area contributed by atoms with Crippen molar-refractivity contribution in [2.45, 2.75) is 105 Å². The number of hydrogen-bond donors (Lipinski definition) is 2. The van der Waals surface area contributed by atoms with Crippen LogP contribution in [0, 0.1) is 17.8 Å². The number of ether oxygens (including phenoxy) is 4. The molecular formula is C30H47NO9. The van der Waals surface area contributed by atoms with E-state index in [4.69, 9.17) is 24.7 Å². The summed E-state index contributed by atoms with van der Waals surface area (Å²) in [4.78, 5) is 49.0. The van der Waals surface area contributed by atoms with Crippen LogP contribution in [0.25, 0.3) is 0 Å². The molecule has 40 heavy (non-hydrogen) atoms. The number of rotatable bonds is 17. The van der Waals surface area contributed by atoms with Crippen LogP contribution in [-0.4, -0.2) is 47.9 Å². The third-order valence-electron chi connectivity index (χ3n) is 6.48. The van der Waals surface area contributed by atoms with Gasteiger partial charge in [0.2, 0.25) is 0 Å². The predicted octanol–water partition coefficient (Wildman–Crippen LogP) is 5.84. The lowest BCUT2D eigenvalue weighted by molar-refractivity contribution is -0.139. The second-order valence-electron chi connectivity index (χ2n) is 11.2. The SMILES string of the molecule is CCC(C)COC(=O)OC(C)CC(c1ccc(OC(=O)CCC(C)C)c(OC(=O)CCC(C)C)c1)[C@H](N)C(=O)O. The predicted molar refractivity (Wildman–Crippen MR) is 150 cm³/mol. The summed E-state index contributed by atoms with van der Waals surface area (Å²) < 4.78 is 21.6. The fourth-order valence-electron chi connectivity index (χ4n) is 3.67. The minimum atomic E-state index is -1.36. The van der Waals surface area contributed by atoms with Gasteiger partial charge in [0.1, 0.15) is 12.1 Å². The largest absolute Gasteiger partial charge is 0.508 e. The molecule has 3 N–H and O–H groups in total. The quantitative estimate of drug-likeness (QED) is 0.174. The molecule has 0 aliphatic heterocycles. The summed E-state index contributed by atoms with van der Waals surface area (Å²) in [5.74, 6) is -2.26. The number of carboxylic acid groups (broad SMARTS) is 1. The Labute approximate surface area is 237 Å². The molecule has 10 nitrogen and oxygen atoms in total. The smallest absolute Gasteiger partial charge is 0.480 e. The summed E-state index contributed by atoms with van der Waals surface area (Å²) in [6.07, 6.45) is 0.902. The molecule has 0 saturated carbocycles. The summed E-state index contributed by atoms with van der Waals surface area (Å²) in [7, 11) is 0. The normalized spacial score (nSPS) is 14.2. The highest BCUT2D eigenvalue weighted by Gasteiger charge is 2.30. The van der Waals surface area contributed by atoms with Crippen molar-refractivity contribution in [2.24, 2.45) is 23.5 Å². The van der Waals surface area contributed by atoms with Gasteiger partial charge in [-0.15, -0.1) is 0 Å². The zero-order valence-corrected chi connectivity index (χ0v) is 24.9. The number of aliphatic carboxylic acids is 1. The highest BCUT2D eigenvalue weighted by molar-refractivity contribution is 5.77. The Bertz CT molecular complexity index is 976. The van der Waals surface area contributed by atoms with Crippen molar-refractivity contribution < 1.29 is 43.2 Å². The van der Waals surface area contributed by atoms with Crippen molar-refractivity contribution in [2.75, 3.05) is 6.61 Å². The van der Waals surface area contributed by atoms with E-state index in [0.717, 1.165) is 6.42 Å². The number of esters is 2. The average Bonchev–Trinajstić information content (AvgIpc) is 2.88. The monoisotopic (exact) mass is 565 g/mol. The van der Waals surface area contributed by atoms with Crippen LogP contribution in [-0.2, 0) is 23.9 Å². The van der Waals surface area contributed by atoms with Gasteiger partial charge < -0.3 is 29.8 Å². The van der Waals surface area contributed by atoms with E-state index < -0.39 is 42.1 Å². The van der Waals surface area contributed by atoms with E-state index in [2.05, 4.69) is 0 Å². The van der Waals surface area contributed by atoms with Crippen molar-refractivity contribution in [1.82, 2.24) is 0 Å². The maximum Gasteiger partial charge on any atom is 0.508 e. The van der Waals surface area contributed by atoms with Gasteiger partial charge in [-0.25, -0.2) is 4.79 Å². The molecule has 0 aliphatic rings. The standard InChI is InChI=1S/C30H47NO9/c1-8-20(6)17-37-30(36)38-21(7)15-23(28(31)29(34)35)22-11-12-24(39-26(32)13-9-18(2)3)25(16-22)40-27(33)14-10-19(4)5/h11-12,16,18-21,23,28H,8-10,13-15,17,31H2,1-7H3,(H,34,35)/t20?,21?,23?,28-/m0/s1. The van der Waals surface area contributed by atoms with Gasteiger partial charge in [-0.3, -0.25) is 14.4 Å². The third-order valence-corrected chi connectivity index (χ3v) is 6.48. The molecule has 4 atom stereocenters. The number of carbonyl (C=O) groups is 4. The van der Waals surface area contributed by atoms with Crippen LogP contribution in [0.5, 0.6) is 11.5 Å². The van der Waals surface area contributed by atoms with Crippen LogP contribution < -0.4 is 15.2 Å². The molecule has 3 unspecified atom stereocenters. The second-order valence-corrected chi connectivity index (χ2v) is 11.2. The van der Waals surface area contributed by atoms with Crippen molar-refractivity contribution in [3.05, 3.63) is 23.8 Å². The maximum atomic E-state index is 12.6. The van der Waals surface area contributed by atoms with Crippen molar-refractivity contribution in [3.63, 3.8) is 0 Å². The van der Waals surface area contributed by atoms with Gasteiger partial charge in [0.25, 0.3) is 0 Å². The topological polar surface area (TPSA) is 151 Å². The first-order valence-corrected chi connectivity index (χ1v) is 14.1. The maximum absolute atomic E-state index is 12.6. The molecule has 1 aromatic carbocycles. The molecule has 0 bridgehead atoms. The van der Waals surface area contributed by atoms with E-state index in [-0.39, 0.29) is 49.2 Å². The molecular weight excluding hydrogens is 518 g/mol. The Hall–Kier alpha value is -3.14. The average molecular weight is 566 g/mol. The molecule has 1 rings (SSSR count). The summed E-state index contributed by atoms with van der Waals surface area (Å²) in [6.45, 7) is 13.7. The third kappa shape index (κ3) is 13.3. The number of carbonyl (C=O) groups excluding carboxylic acids is 3. The fraction of sp³-hybridized carbons (Fsp3) is 0.667. The second kappa shape index (κ2) is 17.5. The molecule has 0 fully saturated rings. The Morgan fingerprint density at radius 1 is 0.875 bits per heavy atom. The molecule has 1 aromatic rings. The Balaban J connectivity index is 3.24. The first-order chi connectivity index (χ1) is 18.7. The van der Waals surface area contributed by atoms with Crippen LogP contribution in [0.2, 0.25) is 0 Å². The summed E-state index contributed by atoms with van der Waals surface area (Å²) in [5.41, 5.74) is 6.47. The van der Waals surface area contributed by atoms with Gasteiger partial charge in [0.15, 0.2) is 11.5 Å². The van der Waals surface area contributed by atoms with E-state index in [1.165, 1.54) is 12.1 Å². The van der Waals surface area contributed by atoms with Crippen LogP contribution >= 0.6 is 0 Å². The van der Waals surface area contributed by atoms with Crippen molar-refractivity contribution >= 4 is 24.1 Å². The van der Waals surface area contributed by atoms with Gasteiger partial charge in [-0.1, -0.05) is 54.0 Å². The van der Waals surface area contributed by atoms with Crippen molar-refractivity contribution in [1.29, 1.82) is 0 Å². The molecule has 0 saturated heterocycles. The van der Waals surface area contributed by atoms with E-state index in [9.17, 15) is 24.3 Å². The lowest BCUT2D eigenvalue weighted by Crippen LogP contribution is -2.38. The molecule has 0 spiro atoms. The zero-order valence-electron chi connectivity index (χ0n) is 24.9. The Kier molecular flexibility index (Phi) is 15.3. The summed E-state index contributed by atoms with van der Waals surface area (Å²) in [6, 6.07) is 3.13. The van der Waals surface area contributed by atoms with Crippen molar-refractivity contribution in [3.8, 4) is 11.5 Å². The first-order valence-electron chi connectivity index (χ1n) is 14.1. The lowest BCUT2D eigenvalue weighted by Gasteiger charge is -2.25. The molecule has 0 aliphatic carbocycles.